The summed E-state index contributed by atoms with van der Waals surface area (Å²) in [5.41, 5.74) is 3.76. The lowest BCUT2D eigenvalue weighted by molar-refractivity contribution is 0.470. The Morgan fingerprint density at radius 1 is 1.22 bits per heavy atom. The number of H-pyrrole nitrogens is 1. The van der Waals surface area contributed by atoms with Gasteiger partial charge in [0.05, 0.1) is 0 Å². The van der Waals surface area contributed by atoms with E-state index in [4.69, 9.17) is 23.2 Å². The fourth-order valence-corrected chi connectivity index (χ4v) is 3.57. The van der Waals surface area contributed by atoms with Gasteiger partial charge in [0.2, 0.25) is 5.28 Å². The Bertz CT molecular complexity index is 893. The van der Waals surface area contributed by atoms with Gasteiger partial charge in [0.15, 0.2) is 16.7 Å². The van der Waals surface area contributed by atoms with Gasteiger partial charge in [0.1, 0.15) is 0 Å². The molecule has 23 heavy (non-hydrogen) atoms. The molecule has 0 saturated heterocycles. The van der Waals surface area contributed by atoms with Crippen LogP contribution >= 0.6 is 23.2 Å². The molecule has 0 aliphatic heterocycles. The lowest BCUT2D eigenvalue weighted by Crippen LogP contribution is -2.27. The van der Waals surface area contributed by atoms with Crippen molar-refractivity contribution in [1.82, 2.24) is 15.0 Å². The number of nitrogens with zero attached hydrogens (tertiary/aromatic N) is 2. The summed E-state index contributed by atoms with van der Waals surface area (Å²) in [6.45, 7) is 0. The van der Waals surface area contributed by atoms with Crippen molar-refractivity contribution in [3.63, 3.8) is 0 Å². The van der Waals surface area contributed by atoms with E-state index in [1.54, 1.807) is 0 Å². The van der Waals surface area contributed by atoms with Gasteiger partial charge < -0.3 is 15.4 Å². The number of rotatable bonds is 2. The lowest BCUT2D eigenvalue weighted by atomic mass is 9.91. The highest BCUT2D eigenvalue weighted by molar-refractivity contribution is 6.33. The molecule has 0 fully saturated rings. The summed E-state index contributed by atoms with van der Waals surface area (Å²) in [4.78, 5) is 11.2. The van der Waals surface area contributed by atoms with Gasteiger partial charge in [-0.2, -0.15) is 4.98 Å². The molecule has 1 aromatic carbocycles. The van der Waals surface area contributed by atoms with Crippen LogP contribution in [0.4, 0.5) is 5.82 Å². The number of fused-ring (bicyclic) bond motifs is 3. The van der Waals surface area contributed by atoms with E-state index in [0.717, 1.165) is 24.8 Å². The highest BCUT2D eigenvalue weighted by atomic mass is 35.5. The molecule has 7 heteroatoms. The van der Waals surface area contributed by atoms with Crippen LogP contribution in [0.5, 0.6) is 5.75 Å². The van der Waals surface area contributed by atoms with Crippen molar-refractivity contribution >= 4 is 39.9 Å². The van der Waals surface area contributed by atoms with E-state index in [-0.39, 0.29) is 28.0 Å². The highest BCUT2D eigenvalue weighted by Gasteiger charge is 2.24. The number of hydrogen-bond donors (Lipinski definition) is 3. The summed E-state index contributed by atoms with van der Waals surface area (Å²) in [7, 11) is 0. The zero-order chi connectivity index (χ0) is 16.0. The molecular formula is C16H14Cl2N4O. The van der Waals surface area contributed by atoms with Crippen molar-refractivity contribution in [3.05, 3.63) is 46.0 Å². The third-order valence-corrected chi connectivity index (χ3v) is 4.68. The Hall–Kier alpha value is -1.98. The molecule has 118 valence electrons. The van der Waals surface area contributed by atoms with Crippen molar-refractivity contribution in [1.29, 1.82) is 0 Å². The van der Waals surface area contributed by atoms with Crippen LogP contribution in [0.15, 0.2) is 24.3 Å². The van der Waals surface area contributed by atoms with Crippen LogP contribution < -0.4 is 5.32 Å². The van der Waals surface area contributed by atoms with Gasteiger partial charge in [-0.3, -0.25) is 0 Å². The number of para-hydroxylation sites is 1. The first-order valence-corrected chi connectivity index (χ1v) is 8.14. The second kappa shape index (κ2) is 5.58. The first-order chi connectivity index (χ1) is 11.1. The predicted molar refractivity (Wildman–Crippen MR) is 91.5 cm³/mol. The molecule has 0 bridgehead atoms. The van der Waals surface area contributed by atoms with Gasteiger partial charge in [0, 0.05) is 22.6 Å². The predicted octanol–water partition coefficient (Wildman–Crippen LogP) is 3.94. The number of aromatic nitrogens is 3. The summed E-state index contributed by atoms with van der Waals surface area (Å²) in [5, 5.41) is 14.5. The van der Waals surface area contributed by atoms with Crippen LogP contribution in [0.25, 0.3) is 10.9 Å². The van der Waals surface area contributed by atoms with Crippen LogP contribution in [0.1, 0.15) is 17.7 Å². The van der Waals surface area contributed by atoms with Gasteiger partial charge >= 0.3 is 0 Å². The van der Waals surface area contributed by atoms with Gasteiger partial charge in [0.25, 0.3) is 0 Å². The molecule has 0 radical (unpaired) electrons. The number of halogens is 2. The van der Waals surface area contributed by atoms with Gasteiger partial charge in [-0.05, 0) is 42.5 Å². The Kier molecular flexibility index (Phi) is 3.54. The van der Waals surface area contributed by atoms with Crippen molar-refractivity contribution in [2.24, 2.45) is 0 Å². The molecule has 5 nitrogen and oxygen atoms in total. The average molecular weight is 349 g/mol. The number of aromatic amines is 1. The Balaban J connectivity index is 1.64. The summed E-state index contributed by atoms with van der Waals surface area (Å²) in [6, 6.07) is 8.44. The summed E-state index contributed by atoms with van der Waals surface area (Å²) < 4.78 is 0. The Labute approximate surface area is 142 Å². The van der Waals surface area contributed by atoms with Crippen molar-refractivity contribution in [2.75, 3.05) is 5.32 Å². The first-order valence-electron chi connectivity index (χ1n) is 7.39. The third kappa shape index (κ3) is 2.60. The van der Waals surface area contributed by atoms with Gasteiger partial charge in [-0.15, -0.1) is 0 Å². The van der Waals surface area contributed by atoms with Gasteiger partial charge in [-0.1, -0.05) is 29.8 Å². The minimum Gasteiger partial charge on any atom is -0.502 e. The Morgan fingerprint density at radius 2 is 2.04 bits per heavy atom. The number of hydrogen-bond acceptors (Lipinski definition) is 4. The molecule has 1 aliphatic carbocycles. The maximum Gasteiger partial charge on any atom is 0.226 e. The van der Waals surface area contributed by atoms with Crippen LogP contribution in [-0.2, 0) is 12.8 Å². The second-order valence-electron chi connectivity index (χ2n) is 5.69. The molecule has 1 aliphatic rings. The van der Waals surface area contributed by atoms with Crippen molar-refractivity contribution in [3.8, 4) is 5.75 Å². The molecule has 2 aromatic heterocycles. The zero-order valence-corrected chi connectivity index (χ0v) is 13.6. The van der Waals surface area contributed by atoms with Crippen LogP contribution in [0, 0.1) is 0 Å². The van der Waals surface area contributed by atoms with Crippen molar-refractivity contribution < 1.29 is 5.11 Å². The smallest absolute Gasteiger partial charge is 0.226 e. The molecule has 3 N–H and O–H groups in total. The molecule has 3 aromatic rings. The second-order valence-corrected chi connectivity index (χ2v) is 6.39. The topological polar surface area (TPSA) is 73.8 Å². The van der Waals surface area contributed by atoms with Gasteiger partial charge in [-0.25, -0.2) is 4.98 Å². The number of aryl methyl sites for hydroxylation is 1. The van der Waals surface area contributed by atoms with E-state index in [2.05, 4.69) is 32.4 Å². The molecule has 2 heterocycles. The Morgan fingerprint density at radius 3 is 2.91 bits per heavy atom. The fraction of sp³-hybridized carbons (Fsp3) is 0.250. The van der Waals surface area contributed by atoms with Crippen LogP contribution in [0.2, 0.25) is 10.4 Å². The normalized spacial score (nSPS) is 17.2. The minimum absolute atomic E-state index is 0.0129. The fourth-order valence-electron chi connectivity index (χ4n) is 3.19. The SMILES string of the molecule is Oc1c(Cl)nc(Cl)nc1N[C@@H]1CCc2[nH]c3ccccc3c2C1. The average Bonchev–Trinajstić information content (AvgIpc) is 2.90. The summed E-state index contributed by atoms with van der Waals surface area (Å²) in [5.74, 6) is 0.115. The van der Waals surface area contributed by atoms with Crippen LogP contribution in [0.3, 0.4) is 0 Å². The molecule has 0 unspecified atom stereocenters. The summed E-state index contributed by atoms with van der Waals surface area (Å²) >= 11 is 11.7. The maximum absolute atomic E-state index is 10.00. The molecule has 0 spiro atoms. The highest BCUT2D eigenvalue weighted by Crippen LogP contribution is 2.33. The van der Waals surface area contributed by atoms with Crippen LogP contribution in [-0.4, -0.2) is 26.1 Å². The van der Waals surface area contributed by atoms with E-state index < -0.39 is 0 Å². The number of nitrogens with one attached hydrogen (secondary N) is 2. The van der Waals surface area contributed by atoms with E-state index in [9.17, 15) is 5.11 Å². The molecule has 0 amide bonds. The molecular weight excluding hydrogens is 335 g/mol. The maximum atomic E-state index is 10.00. The summed E-state index contributed by atoms with van der Waals surface area (Å²) in [6.07, 6.45) is 2.71. The number of anilines is 1. The van der Waals surface area contributed by atoms with E-state index in [0.29, 0.717) is 0 Å². The van der Waals surface area contributed by atoms with E-state index >= 15 is 0 Å². The molecule has 1 atom stereocenters. The zero-order valence-electron chi connectivity index (χ0n) is 12.1. The lowest BCUT2D eigenvalue weighted by Gasteiger charge is -2.24. The first kappa shape index (κ1) is 14.6. The van der Waals surface area contributed by atoms with E-state index in [1.165, 1.54) is 16.6 Å². The van der Waals surface area contributed by atoms with E-state index in [1.807, 2.05) is 12.1 Å². The number of benzene rings is 1. The minimum atomic E-state index is -0.166. The standard InChI is InChI=1S/C16H14Cl2N4O/c17-14-13(23)15(22-16(18)21-14)19-8-5-6-12-10(7-8)9-3-1-2-4-11(9)20-12/h1-4,8,20,23H,5-7H2,(H,19,21,22)/t8-/m1/s1. The molecule has 0 saturated carbocycles. The number of aromatic hydroxyl groups is 1. The molecule has 4 rings (SSSR count). The third-order valence-electron chi connectivity index (χ3n) is 4.25. The van der Waals surface area contributed by atoms with Crippen molar-refractivity contribution in [2.45, 2.75) is 25.3 Å². The largest absolute Gasteiger partial charge is 0.502 e. The monoisotopic (exact) mass is 348 g/mol. The quantitative estimate of drug-likeness (QED) is 0.484.